The van der Waals surface area contributed by atoms with Gasteiger partial charge in [0.2, 0.25) is 5.82 Å². The third-order valence-electron chi connectivity index (χ3n) is 6.86. The van der Waals surface area contributed by atoms with Crippen LogP contribution in [0, 0.1) is 29.2 Å². The molecule has 0 heterocycles. The Balaban J connectivity index is 1.34. The van der Waals surface area contributed by atoms with Gasteiger partial charge in [-0.1, -0.05) is 24.3 Å². The zero-order valence-electron chi connectivity index (χ0n) is 20.5. The van der Waals surface area contributed by atoms with Crippen LogP contribution < -0.4 is 9.47 Å². The number of hydrogen-bond donors (Lipinski definition) is 0. The second kappa shape index (κ2) is 11.8. The molecule has 3 nitrogen and oxygen atoms in total. The predicted molar refractivity (Wildman–Crippen MR) is 130 cm³/mol. The Morgan fingerprint density at radius 3 is 2.17 bits per heavy atom. The van der Waals surface area contributed by atoms with Crippen molar-refractivity contribution in [1.29, 1.82) is 0 Å². The third kappa shape index (κ3) is 5.67. The van der Waals surface area contributed by atoms with E-state index in [1.807, 2.05) is 0 Å². The molecule has 3 aromatic rings. The lowest BCUT2D eigenvalue weighted by Crippen LogP contribution is -2.20. The highest BCUT2D eigenvalue weighted by Crippen LogP contribution is 2.38. The van der Waals surface area contributed by atoms with Crippen LogP contribution in [0.3, 0.4) is 0 Å². The second-order valence-corrected chi connectivity index (χ2v) is 9.08. The molecule has 0 N–H and O–H groups in total. The van der Waals surface area contributed by atoms with E-state index < -0.39 is 23.3 Å². The Morgan fingerprint density at radius 1 is 0.778 bits per heavy atom. The van der Waals surface area contributed by atoms with Crippen molar-refractivity contribution in [1.82, 2.24) is 0 Å². The first-order chi connectivity index (χ1) is 17.4. The summed E-state index contributed by atoms with van der Waals surface area (Å²) in [4.78, 5) is 0. The summed E-state index contributed by atoms with van der Waals surface area (Å²) < 4.78 is 74.5. The molecule has 0 amide bonds. The molecule has 0 aliphatic heterocycles. The average Bonchev–Trinajstić information content (AvgIpc) is 2.91. The predicted octanol–water partition coefficient (Wildman–Crippen LogP) is 7.81. The van der Waals surface area contributed by atoms with Crippen LogP contribution in [-0.4, -0.2) is 20.3 Å². The van der Waals surface area contributed by atoms with Gasteiger partial charge in [0.05, 0.1) is 20.3 Å². The van der Waals surface area contributed by atoms with E-state index in [9.17, 15) is 17.6 Å². The van der Waals surface area contributed by atoms with Crippen LogP contribution in [-0.2, 0) is 11.3 Å². The van der Waals surface area contributed by atoms with Crippen LogP contribution in [0.5, 0.6) is 11.5 Å². The fourth-order valence-electron chi connectivity index (χ4n) is 4.73. The van der Waals surface area contributed by atoms with Crippen molar-refractivity contribution in [2.45, 2.75) is 45.1 Å². The van der Waals surface area contributed by atoms with Gasteiger partial charge in [0.1, 0.15) is 5.75 Å². The normalized spacial score (nSPS) is 17.7. The fourth-order valence-corrected chi connectivity index (χ4v) is 4.73. The van der Waals surface area contributed by atoms with E-state index in [2.05, 4.69) is 0 Å². The van der Waals surface area contributed by atoms with Gasteiger partial charge in [0.25, 0.3) is 0 Å². The van der Waals surface area contributed by atoms with Crippen molar-refractivity contribution in [3.05, 3.63) is 82.9 Å². The Kier molecular flexibility index (Phi) is 8.52. The summed E-state index contributed by atoms with van der Waals surface area (Å²) in [6.07, 6.45) is 2.78. The molecule has 1 saturated carbocycles. The molecule has 0 unspecified atom stereocenters. The van der Waals surface area contributed by atoms with E-state index >= 15 is 0 Å². The van der Waals surface area contributed by atoms with Crippen molar-refractivity contribution in [3.8, 4) is 22.6 Å². The highest BCUT2D eigenvalue weighted by Gasteiger charge is 2.27. The molecule has 0 atom stereocenters. The molecular weight excluding hydrogens is 472 g/mol. The van der Waals surface area contributed by atoms with Crippen LogP contribution in [0.15, 0.2) is 48.5 Å². The van der Waals surface area contributed by atoms with Crippen LogP contribution in [0.25, 0.3) is 11.1 Å². The van der Waals surface area contributed by atoms with Crippen LogP contribution in [0.1, 0.15) is 49.7 Å². The lowest BCUT2D eigenvalue weighted by molar-refractivity contribution is 0.130. The maximum absolute atomic E-state index is 14.7. The topological polar surface area (TPSA) is 27.7 Å². The number of hydrogen-bond acceptors (Lipinski definition) is 3. The molecule has 0 aromatic heterocycles. The van der Waals surface area contributed by atoms with Gasteiger partial charge in [-0.3, -0.25) is 0 Å². The van der Waals surface area contributed by atoms with Gasteiger partial charge in [-0.05, 0) is 79.8 Å². The van der Waals surface area contributed by atoms with Crippen LogP contribution in [0.4, 0.5) is 17.6 Å². The van der Waals surface area contributed by atoms with Crippen molar-refractivity contribution < 1.29 is 31.8 Å². The first kappa shape index (κ1) is 26.0. The lowest BCUT2D eigenvalue weighted by Gasteiger charge is -2.29. The van der Waals surface area contributed by atoms with Crippen molar-refractivity contribution in [3.63, 3.8) is 0 Å². The first-order valence-electron chi connectivity index (χ1n) is 12.2. The van der Waals surface area contributed by atoms with E-state index in [0.717, 1.165) is 12.8 Å². The number of methoxy groups -OCH3 is 1. The molecule has 0 radical (unpaired) electrons. The van der Waals surface area contributed by atoms with Gasteiger partial charge in [0, 0.05) is 17.7 Å². The van der Waals surface area contributed by atoms with Gasteiger partial charge in [0.15, 0.2) is 23.2 Å². The Labute approximate surface area is 209 Å². The molecular formula is C29H30F4O3. The van der Waals surface area contributed by atoms with E-state index in [-0.39, 0.29) is 41.9 Å². The average molecular weight is 503 g/mol. The fraction of sp³-hybridized carbons (Fsp3) is 0.379. The summed E-state index contributed by atoms with van der Waals surface area (Å²) in [7, 11) is 1.54. The van der Waals surface area contributed by atoms with E-state index in [1.54, 1.807) is 43.3 Å². The Bertz CT molecular complexity index is 1170. The largest absolute Gasteiger partial charge is 0.497 e. The SMILES string of the molecule is CCOCc1ccc(C2CCC(COc3ccc(-c4ccc(OC)cc4)c(F)c3F)CC2)c(F)c1F. The number of rotatable bonds is 9. The molecule has 0 spiro atoms. The summed E-state index contributed by atoms with van der Waals surface area (Å²) in [5.41, 5.74) is 1.28. The Hall–Kier alpha value is -3.06. The van der Waals surface area contributed by atoms with E-state index in [0.29, 0.717) is 36.3 Å². The number of ether oxygens (including phenoxy) is 3. The molecule has 1 aliphatic carbocycles. The van der Waals surface area contributed by atoms with Gasteiger partial charge in [-0.25, -0.2) is 13.2 Å². The Morgan fingerprint density at radius 2 is 1.50 bits per heavy atom. The van der Waals surface area contributed by atoms with Gasteiger partial charge >= 0.3 is 0 Å². The quantitative estimate of drug-likeness (QED) is 0.279. The van der Waals surface area contributed by atoms with Gasteiger partial charge < -0.3 is 14.2 Å². The molecule has 1 aliphatic rings. The molecule has 1 fully saturated rings. The summed E-state index contributed by atoms with van der Waals surface area (Å²) in [5.74, 6) is -3.12. The highest BCUT2D eigenvalue weighted by molar-refractivity contribution is 5.66. The molecule has 3 aromatic carbocycles. The lowest BCUT2D eigenvalue weighted by atomic mass is 9.78. The first-order valence-corrected chi connectivity index (χ1v) is 12.2. The van der Waals surface area contributed by atoms with Crippen LogP contribution >= 0.6 is 0 Å². The van der Waals surface area contributed by atoms with Crippen molar-refractivity contribution >= 4 is 0 Å². The zero-order valence-corrected chi connectivity index (χ0v) is 20.5. The molecule has 0 bridgehead atoms. The monoisotopic (exact) mass is 502 g/mol. The minimum atomic E-state index is -1.03. The minimum absolute atomic E-state index is 0.0435. The number of halogens is 4. The third-order valence-corrected chi connectivity index (χ3v) is 6.86. The maximum atomic E-state index is 14.7. The minimum Gasteiger partial charge on any atom is -0.497 e. The standard InChI is InChI=1S/C29H30F4O3/c1-3-35-17-21-10-13-23(27(31)26(21)30)19-6-4-18(5-7-19)16-36-25-15-14-24(28(32)29(25)33)20-8-11-22(34-2)12-9-20/h8-15,18-19H,3-7,16-17H2,1-2H3. The summed E-state index contributed by atoms with van der Waals surface area (Å²) in [6, 6.07) is 12.9. The highest BCUT2D eigenvalue weighted by atomic mass is 19.2. The molecule has 0 saturated heterocycles. The summed E-state index contributed by atoms with van der Waals surface area (Å²) >= 11 is 0. The van der Waals surface area contributed by atoms with E-state index in [4.69, 9.17) is 14.2 Å². The summed E-state index contributed by atoms with van der Waals surface area (Å²) in [5, 5.41) is 0. The van der Waals surface area contributed by atoms with Crippen molar-refractivity contribution in [2.24, 2.45) is 5.92 Å². The van der Waals surface area contributed by atoms with Crippen molar-refractivity contribution in [2.75, 3.05) is 20.3 Å². The smallest absolute Gasteiger partial charge is 0.201 e. The summed E-state index contributed by atoms with van der Waals surface area (Å²) in [6.45, 7) is 2.50. The molecule has 4 rings (SSSR count). The van der Waals surface area contributed by atoms with Crippen LogP contribution in [0.2, 0.25) is 0 Å². The van der Waals surface area contributed by atoms with Gasteiger partial charge in [-0.2, -0.15) is 4.39 Å². The maximum Gasteiger partial charge on any atom is 0.201 e. The zero-order chi connectivity index (χ0) is 25.7. The van der Waals surface area contributed by atoms with Gasteiger partial charge in [-0.15, -0.1) is 0 Å². The molecule has 36 heavy (non-hydrogen) atoms. The second-order valence-electron chi connectivity index (χ2n) is 9.08. The van der Waals surface area contributed by atoms with E-state index in [1.165, 1.54) is 19.2 Å². The number of benzene rings is 3. The molecule has 7 heteroatoms. The molecule has 192 valence electrons.